The zero-order valence-corrected chi connectivity index (χ0v) is 11.5. The van der Waals surface area contributed by atoms with Crippen LogP contribution in [0.25, 0.3) is 16.3 Å². The standard InChI is InChI=1S/C12H11ClN4S/c1-6-7(2)18-12-16-15-11(17(6)12)9-5-8(14)3-4-10(9)13/h3-5H,14H2,1-2H3. The van der Waals surface area contributed by atoms with Crippen molar-refractivity contribution in [1.29, 1.82) is 0 Å². The van der Waals surface area contributed by atoms with Gasteiger partial charge in [-0.3, -0.25) is 4.40 Å². The molecule has 2 N–H and O–H groups in total. The molecule has 1 aromatic carbocycles. The number of nitrogens with zero attached hydrogens (tertiary/aromatic N) is 3. The third-order valence-corrected chi connectivity index (χ3v) is 4.33. The minimum Gasteiger partial charge on any atom is -0.399 e. The van der Waals surface area contributed by atoms with E-state index >= 15 is 0 Å². The Bertz CT molecular complexity index is 744. The fourth-order valence-electron chi connectivity index (χ4n) is 1.90. The van der Waals surface area contributed by atoms with Gasteiger partial charge < -0.3 is 5.73 Å². The van der Waals surface area contributed by atoms with Crippen LogP contribution in [0.4, 0.5) is 5.69 Å². The molecule has 2 heterocycles. The maximum atomic E-state index is 6.21. The Morgan fingerprint density at radius 2 is 2.06 bits per heavy atom. The second-order valence-electron chi connectivity index (χ2n) is 4.12. The molecule has 0 spiro atoms. The van der Waals surface area contributed by atoms with Gasteiger partial charge in [0.1, 0.15) is 0 Å². The quantitative estimate of drug-likeness (QED) is 0.695. The average molecular weight is 279 g/mol. The number of aryl methyl sites for hydroxylation is 2. The summed E-state index contributed by atoms with van der Waals surface area (Å²) in [6.45, 7) is 4.12. The highest BCUT2D eigenvalue weighted by molar-refractivity contribution is 7.17. The van der Waals surface area contributed by atoms with Crippen LogP contribution >= 0.6 is 22.9 Å². The topological polar surface area (TPSA) is 56.2 Å². The number of nitrogens with two attached hydrogens (primary N) is 1. The van der Waals surface area contributed by atoms with E-state index in [1.165, 1.54) is 4.88 Å². The largest absolute Gasteiger partial charge is 0.399 e. The summed E-state index contributed by atoms with van der Waals surface area (Å²) in [5.41, 5.74) is 8.41. The first kappa shape index (κ1) is 11.5. The zero-order chi connectivity index (χ0) is 12.9. The van der Waals surface area contributed by atoms with Crippen LogP contribution in [0, 0.1) is 13.8 Å². The number of rotatable bonds is 1. The van der Waals surface area contributed by atoms with Crippen molar-refractivity contribution in [3.05, 3.63) is 33.8 Å². The fourth-order valence-corrected chi connectivity index (χ4v) is 3.01. The smallest absolute Gasteiger partial charge is 0.216 e. The monoisotopic (exact) mass is 278 g/mol. The summed E-state index contributed by atoms with van der Waals surface area (Å²) in [4.78, 5) is 2.10. The SMILES string of the molecule is Cc1sc2nnc(-c3cc(N)ccc3Cl)n2c1C. The van der Waals surface area contributed by atoms with Gasteiger partial charge in [-0.2, -0.15) is 0 Å². The summed E-state index contributed by atoms with van der Waals surface area (Å²) < 4.78 is 2.01. The van der Waals surface area contributed by atoms with Gasteiger partial charge in [-0.05, 0) is 32.0 Å². The molecule has 0 radical (unpaired) electrons. The van der Waals surface area contributed by atoms with Gasteiger partial charge in [0.05, 0.1) is 5.02 Å². The van der Waals surface area contributed by atoms with Crippen LogP contribution in [0.2, 0.25) is 5.02 Å². The van der Waals surface area contributed by atoms with Crippen LogP contribution in [-0.4, -0.2) is 14.6 Å². The summed E-state index contributed by atoms with van der Waals surface area (Å²) in [6.07, 6.45) is 0. The average Bonchev–Trinajstić information content (AvgIpc) is 2.85. The number of benzene rings is 1. The molecule has 0 bridgehead atoms. The number of aromatic nitrogens is 3. The maximum absolute atomic E-state index is 6.21. The minimum atomic E-state index is 0.627. The molecule has 0 unspecified atom stereocenters. The molecule has 0 amide bonds. The van der Waals surface area contributed by atoms with Gasteiger partial charge in [-0.15, -0.1) is 10.2 Å². The number of thiazole rings is 1. The Labute approximate surface area is 113 Å². The van der Waals surface area contributed by atoms with E-state index < -0.39 is 0 Å². The first-order valence-corrected chi connectivity index (χ1v) is 6.64. The third kappa shape index (κ3) is 1.59. The lowest BCUT2D eigenvalue weighted by atomic mass is 10.2. The minimum absolute atomic E-state index is 0.627. The second kappa shape index (κ2) is 3.96. The van der Waals surface area contributed by atoms with Gasteiger partial charge in [0.15, 0.2) is 5.82 Å². The molecule has 2 aromatic heterocycles. The number of halogens is 1. The summed E-state index contributed by atoms with van der Waals surface area (Å²) in [6, 6.07) is 5.38. The van der Waals surface area contributed by atoms with Crippen LogP contribution in [-0.2, 0) is 0 Å². The lowest BCUT2D eigenvalue weighted by molar-refractivity contribution is 1.08. The summed E-state index contributed by atoms with van der Waals surface area (Å²) in [5, 5.41) is 9.02. The van der Waals surface area contributed by atoms with Crippen molar-refractivity contribution in [3.63, 3.8) is 0 Å². The predicted octanol–water partition coefficient (Wildman–Crippen LogP) is 3.31. The van der Waals surface area contributed by atoms with E-state index in [0.717, 1.165) is 22.0 Å². The van der Waals surface area contributed by atoms with Crippen molar-refractivity contribution in [3.8, 4) is 11.4 Å². The lowest BCUT2D eigenvalue weighted by Crippen LogP contribution is -1.93. The molecule has 0 aliphatic heterocycles. The molecule has 0 fully saturated rings. The Kier molecular flexibility index (Phi) is 2.53. The third-order valence-electron chi connectivity index (χ3n) is 2.95. The van der Waals surface area contributed by atoms with Crippen LogP contribution in [0.1, 0.15) is 10.6 Å². The number of hydrogen-bond donors (Lipinski definition) is 1. The highest BCUT2D eigenvalue weighted by Crippen LogP contribution is 2.32. The van der Waals surface area contributed by atoms with E-state index in [0.29, 0.717) is 10.7 Å². The van der Waals surface area contributed by atoms with Gasteiger partial charge in [0.25, 0.3) is 0 Å². The van der Waals surface area contributed by atoms with Gasteiger partial charge in [-0.1, -0.05) is 22.9 Å². The van der Waals surface area contributed by atoms with Crippen molar-refractivity contribution in [1.82, 2.24) is 14.6 Å². The molecular formula is C12H11ClN4S. The lowest BCUT2D eigenvalue weighted by Gasteiger charge is -2.04. The highest BCUT2D eigenvalue weighted by Gasteiger charge is 2.16. The Morgan fingerprint density at radius 1 is 1.28 bits per heavy atom. The summed E-state index contributed by atoms with van der Waals surface area (Å²) >= 11 is 7.83. The van der Waals surface area contributed by atoms with Crippen LogP contribution in [0.3, 0.4) is 0 Å². The number of fused-ring (bicyclic) bond motifs is 1. The molecule has 0 aliphatic carbocycles. The van der Waals surface area contributed by atoms with Crippen LogP contribution in [0.15, 0.2) is 18.2 Å². The first-order valence-electron chi connectivity index (χ1n) is 5.44. The van der Waals surface area contributed by atoms with Gasteiger partial charge in [-0.25, -0.2) is 0 Å². The maximum Gasteiger partial charge on any atom is 0.216 e. The van der Waals surface area contributed by atoms with Crippen molar-refractivity contribution < 1.29 is 0 Å². The molecule has 6 heteroatoms. The van der Waals surface area contributed by atoms with Crippen molar-refractivity contribution in [2.75, 3.05) is 5.73 Å². The molecule has 0 atom stereocenters. The Hall–Kier alpha value is -1.59. The molecule has 3 rings (SSSR count). The van der Waals surface area contributed by atoms with Crippen LogP contribution < -0.4 is 5.73 Å². The number of hydrogen-bond acceptors (Lipinski definition) is 4. The summed E-state index contributed by atoms with van der Waals surface area (Å²) in [5.74, 6) is 0.740. The molecule has 0 aliphatic rings. The van der Waals surface area contributed by atoms with Crippen molar-refractivity contribution in [2.45, 2.75) is 13.8 Å². The number of nitrogen functional groups attached to an aromatic ring is 1. The first-order chi connectivity index (χ1) is 8.58. The highest BCUT2D eigenvalue weighted by atomic mass is 35.5. The molecule has 0 saturated heterocycles. The van der Waals surface area contributed by atoms with Crippen molar-refractivity contribution >= 4 is 33.6 Å². The Balaban J connectivity index is 2.34. The molecular weight excluding hydrogens is 268 g/mol. The molecule has 4 nitrogen and oxygen atoms in total. The zero-order valence-electron chi connectivity index (χ0n) is 9.94. The van der Waals surface area contributed by atoms with E-state index in [4.69, 9.17) is 17.3 Å². The van der Waals surface area contributed by atoms with E-state index in [9.17, 15) is 0 Å². The van der Waals surface area contributed by atoms with E-state index in [-0.39, 0.29) is 0 Å². The van der Waals surface area contributed by atoms with Crippen LogP contribution in [0.5, 0.6) is 0 Å². The molecule has 92 valence electrons. The van der Waals surface area contributed by atoms with E-state index in [2.05, 4.69) is 17.1 Å². The molecule has 0 saturated carbocycles. The van der Waals surface area contributed by atoms with Gasteiger partial charge >= 0.3 is 0 Å². The Morgan fingerprint density at radius 3 is 2.83 bits per heavy atom. The van der Waals surface area contributed by atoms with E-state index in [1.54, 1.807) is 23.5 Å². The second-order valence-corrected chi connectivity index (χ2v) is 5.71. The predicted molar refractivity (Wildman–Crippen MR) is 75.2 cm³/mol. The molecule has 3 aromatic rings. The number of anilines is 1. The summed E-state index contributed by atoms with van der Waals surface area (Å²) in [7, 11) is 0. The van der Waals surface area contributed by atoms with Gasteiger partial charge in [0, 0.05) is 21.8 Å². The normalized spacial score (nSPS) is 11.3. The van der Waals surface area contributed by atoms with Crippen molar-refractivity contribution in [2.24, 2.45) is 0 Å². The van der Waals surface area contributed by atoms with E-state index in [1.807, 2.05) is 17.4 Å². The molecule has 18 heavy (non-hydrogen) atoms. The van der Waals surface area contributed by atoms with Gasteiger partial charge in [0.2, 0.25) is 4.96 Å². The fraction of sp³-hybridized carbons (Fsp3) is 0.167.